The molecule has 0 aliphatic heterocycles. The summed E-state index contributed by atoms with van der Waals surface area (Å²) in [7, 11) is 0. The van der Waals surface area contributed by atoms with Crippen LogP contribution in [0.1, 0.15) is 47.2 Å². The lowest BCUT2D eigenvalue weighted by atomic mass is 10.1. The first kappa shape index (κ1) is 28.2. The molecule has 5 nitrogen and oxygen atoms in total. The minimum Gasteiger partial charge on any atom is -0.484 e. The Labute approximate surface area is 228 Å². The van der Waals surface area contributed by atoms with Crippen LogP contribution in [0.25, 0.3) is 10.6 Å². The van der Waals surface area contributed by atoms with Crippen LogP contribution in [0.4, 0.5) is 13.2 Å². The van der Waals surface area contributed by atoms with Gasteiger partial charge in [0, 0.05) is 12.0 Å². The number of hydrogen-bond acceptors (Lipinski definition) is 5. The van der Waals surface area contributed by atoms with E-state index in [4.69, 9.17) is 9.47 Å². The van der Waals surface area contributed by atoms with E-state index >= 15 is 0 Å². The van der Waals surface area contributed by atoms with Crippen molar-refractivity contribution >= 4 is 17.3 Å². The van der Waals surface area contributed by atoms with Crippen LogP contribution < -0.4 is 9.47 Å². The molecular formula is C30H28F3NO4S. The molecule has 1 heterocycles. The summed E-state index contributed by atoms with van der Waals surface area (Å²) in [4.78, 5) is 17.0. The maximum atomic E-state index is 13.0. The van der Waals surface area contributed by atoms with E-state index in [-0.39, 0.29) is 0 Å². The number of aromatic nitrogens is 1. The number of carboxylic acid groups (broad SMARTS) is 1. The number of carbonyl (C=O) groups is 1. The Morgan fingerprint density at radius 1 is 1.00 bits per heavy atom. The lowest BCUT2D eigenvalue weighted by Gasteiger charge is -2.24. The first-order chi connectivity index (χ1) is 18.3. The van der Waals surface area contributed by atoms with Crippen molar-refractivity contribution in [3.63, 3.8) is 0 Å². The monoisotopic (exact) mass is 555 g/mol. The number of ether oxygens (including phenoxy) is 2. The zero-order chi connectivity index (χ0) is 28.4. The van der Waals surface area contributed by atoms with Gasteiger partial charge in [0.15, 0.2) is 5.60 Å². The van der Waals surface area contributed by atoms with E-state index in [9.17, 15) is 23.1 Å². The first-order valence-corrected chi connectivity index (χ1v) is 13.0. The maximum Gasteiger partial charge on any atom is 0.416 e. The Kier molecular flexibility index (Phi) is 8.02. The van der Waals surface area contributed by atoms with Gasteiger partial charge < -0.3 is 14.6 Å². The van der Waals surface area contributed by atoms with E-state index in [0.717, 1.165) is 28.3 Å². The van der Waals surface area contributed by atoms with E-state index in [1.807, 2.05) is 44.2 Å². The Morgan fingerprint density at radius 3 is 2.26 bits per heavy atom. The van der Waals surface area contributed by atoms with Gasteiger partial charge in [-0.2, -0.15) is 13.2 Å². The van der Waals surface area contributed by atoms with Crippen LogP contribution in [0.15, 0.2) is 72.8 Å². The lowest BCUT2D eigenvalue weighted by molar-refractivity contribution is -0.152. The molecule has 1 unspecified atom stereocenters. The van der Waals surface area contributed by atoms with Crippen LogP contribution in [-0.2, 0) is 17.4 Å². The second-order valence-electron chi connectivity index (χ2n) is 9.68. The third kappa shape index (κ3) is 6.78. The normalized spacial score (nSPS) is 12.7. The van der Waals surface area contributed by atoms with E-state index in [0.29, 0.717) is 34.1 Å². The van der Waals surface area contributed by atoms with Gasteiger partial charge in [0.05, 0.1) is 16.1 Å². The molecule has 1 aromatic heterocycles. The van der Waals surface area contributed by atoms with E-state index in [2.05, 4.69) is 4.98 Å². The average molecular weight is 556 g/mol. The molecular weight excluding hydrogens is 527 g/mol. The number of hydrogen-bond donors (Lipinski definition) is 1. The quantitative estimate of drug-likeness (QED) is 0.226. The topological polar surface area (TPSA) is 68.7 Å². The summed E-state index contributed by atoms with van der Waals surface area (Å²) in [6.07, 6.45) is -4.28. The fourth-order valence-electron chi connectivity index (χ4n) is 3.94. The molecule has 0 saturated carbocycles. The standard InChI is InChI=1S/C30H28F3NO4S/c1-18-16-23(14-15-24(18)38-29(3,4)28(35)36)37-25(17-20-8-6-5-7-9-20)26-19(2)34-27(39-26)21-10-12-22(13-11-21)30(31,32)33/h5-16,25H,17H2,1-4H3,(H,35,36). The van der Waals surface area contributed by atoms with E-state index in [1.54, 1.807) is 18.2 Å². The summed E-state index contributed by atoms with van der Waals surface area (Å²) in [5, 5.41) is 9.99. The predicted octanol–water partition coefficient (Wildman–Crippen LogP) is 8.05. The molecule has 0 aliphatic carbocycles. The zero-order valence-corrected chi connectivity index (χ0v) is 22.7. The molecule has 4 rings (SSSR count). The minimum atomic E-state index is -4.40. The van der Waals surface area contributed by atoms with Crippen molar-refractivity contribution in [2.75, 3.05) is 0 Å². The van der Waals surface area contributed by atoms with Crippen molar-refractivity contribution in [3.05, 3.63) is 100 Å². The van der Waals surface area contributed by atoms with Crippen molar-refractivity contribution in [2.45, 2.75) is 52.0 Å². The summed E-state index contributed by atoms with van der Waals surface area (Å²) >= 11 is 1.38. The third-order valence-electron chi connectivity index (χ3n) is 6.15. The molecule has 3 aromatic carbocycles. The highest BCUT2D eigenvalue weighted by atomic mass is 32.1. The number of aliphatic carboxylic acids is 1. The molecule has 204 valence electrons. The molecule has 39 heavy (non-hydrogen) atoms. The number of halogens is 3. The van der Waals surface area contributed by atoms with Gasteiger partial charge in [-0.1, -0.05) is 42.5 Å². The zero-order valence-electron chi connectivity index (χ0n) is 21.9. The average Bonchev–Trinajstić information content (AvgIpc) is 3.27. The highest BCUT2D eigenvalue weighted by molar-refractivity contribution is 7.15. The smallest absolute Gasteiger partial charge is 0.416 e. The number of thiazole rings is 1. The van der Waals surface area contributed by atoms with Crippen LogP contribution >= 0.6 is 11.3 Å². The number of rotatable bonds is 9. The van der Waals surface area contributed by atoms with Crippen molar-refractivity contribution in [2.24, 2.45) is 0 Å². The van der Waals surface area contributed by atoms with Gasteiger partial charge in [-0.05, 0) is 69.2 Å². The Balaban J connectivity index is 1.64. The molecule has 0 aliphatic rings. The highest BCUT2D eigenvalue weighted by Gasteiger charge is 2.31. The predicted molar refractivity (Wildman–Crippen MR) is 144 cm³/mol. The fourth-order valence-corrected chi connectivity index (χ4v) is 5.04. The van der Waals surface area contributed by atoms with Crippen molar-refractivity contribution in [3.8, 4) is 22.1 Å². The second kappa shape index (κ2) is 11.1. The molecule has 0 saturated heterocycles. The molecule has 0 radical (unpaired) electrons. The number of benzene rings is 3. The summed E-state index contributed by atoms with van der Waals surface area (Å²) in [6, 6.07) is 20.0. The third-order valence-corrected chi connectivity index (χ3v) is 7.45. The maximum absolute atomic E-state index is 13.0. The largest absolute Gasteiger partial charge is 0.484 e. The Bertz CT molecular complexity index is 1450. The molecule has 0 fully saturated rings. The van der Waals surface area contributed by atoms with E-state index < -0.39 is 29.4 Å². The van der Waals surface area contributed by atoms with Gasteiger partial charge in [0.1, 0.15) is 22.6 Å². The van der Waals surface area contributed by atoms with Crippen LogP contribution in [0, 0.1) is 13.8 Å². The van der Waals surface area contributed by atoms with Crippen LogP contribution in [-0.4, -0.2) is 21.7 Å². The van der Waals surface area contributed by atoms with Gasteiger partial charge in [0.25, 0.3) is 0 Å². The fraction of sp³-hybridized carbons (Fsp3) is 0.267. The van der Waals surface area contributed by atoms with Crippen molar-refractivity contribution < 1.29 is 32.5 Å². The number of nitrogens with zero attached hydrogens (tertiary/aromatic N) is 1. The summed E-state index contributed by atoms with van der Waals surface area (Å²) < 4.78 is 51.2. The van der Waals surface area contributed by atoms with Gasteiger partial charge in [-0.15, -0.1) is 11.3 Å². The molecule has 1 atom stereocenters. The molecule has 9 heteroatoms. The van der Waals surface area contributed by atoms with Crippen LogP contribution in [0.2, 0.25) is 0 Å². The van der Waals surface area contributed by atoms with Crippen LogP contribution in [0.3, 0.4) is 0 Å². The molecule has 0 spiro atoms. The Hall–Kier alpha value is -3.85. The molecule has 0 amide bonds. The number of carboxylic acids is 1. The van der Waals surface area contributed by atoms with Crippen molar-refractivity contribution in [1.82, 2.24) is 4.98 Å². The summed E-state index contributed by atoms with van der Waals surface area (Å²) in [5.41, 5.74) is 0.991. The van der Waals surface area contributed by atoms with Gasteiger partial charge in [0.2, 0.25) is 0 Å². The number of alkyl halides is 3. The summed E-state index contributed by atoms with van der Waals surface area (Å²) in [5.74, 6) is -0.0691. The van der Waals surface area contributed by atoms with Gasteiger partial charge in [-0.25, -0.2) is 9.78 Å². The van der Waals surface area contributed by atoms with E-state index in [1.165, 1.54) is 37.3 Å². The molecule has 4 aromatic rings. The molecule has 0 bridgehead atoms. The highest BCUT2D eigenvalue weighted by Crippen LogP contribution is 2.38. The van der Waals surface area contributed by atoms with Crippen molar-refractivity contribution in [1.29, 1.82) is 0 Å². The lowest BCUT2D eigenvalue weighted by Crippen LogP contribution is -2.38. The summed E-state index contributed by atoms with van der Waals surface area (Å²) in [6.45, 7) is 6.63. The Morgan fingerprint density at radius 2 is 1.67 bits per heavy atom. The van der Waals surface area contributed by atoms with Gasteiger partial charge >= 0.3 is 12.1 Å². The van der Waals surface area contributed by atoms with Crippen LogP contribution in [0.5, 0.6) is 11.5 Å². The second-order valence-corrected chi connectivity index (χ2v) is 10.7. The van der Waals surface area contributed by atoms with Gasteiger partial charge in [-0.3, -0.25) is 0 Å². The SMILES string of the molecule is Cc1cc(OC(Cc2ccccc2)c2sc(-c3ccc(C(F)(F)F)cc3)nc2C)ccc1OC(C)(C)C(=O)O. The number of aryl methyl sites for hydroxylation is 2. The minimum absolute atomic E-state index is 0.422. The first-order valence-electron chi connectivity index (χ1n) is 12.2. The molecule has 1 N–H and O–H groups in total.